The second-order valence-electron chi connectivity index (χ2n) is 4.33. The lowest BCUT2D eigenvalue weighted by Crippen LogP contribution is -2.32. The summed E-state index contributed by atoms with van der Waals surface area (Å²) in [4.78, 5) is 0. The number of rotatable bonds is 6. The van der Waals surface area contributed by atoms with Crippen molar-refractivity contribution < 1.29 is 13.2 Å². The lowest BCUT2D eigenvalue weighted by Gasteiger charge is -2.14. The van der Waals surface area contributed by atoms with Gasteiger partial charge in [-0.15, -0.1) is 0 Å². The minimum Gasteiger partial charge on any atom is -0.312 e. The van der Waals surface area contributed by atoms with Crippen molar-refractivity contribution in [2.45, 2.75) is 38.7 Å². The Morgan fingerprint density at radius 3 is 2.50 bits per heavy atom. The molecule has 1 unspecified atom stereocenters. The van der Waals surface area contributed by atoms with Crippen LogP contribution in [0.5, 0.6) is 0 Å². The summed E-state index contributed by atoms with van der Waals surface area (Å²) < 4.78 is 38.2. The molecular weight excluding hydrogens is 263 g/mol. The first-order chi connectivity index (χ1) is 8.45. The van der Waals surface area contributed by atoms with Crippen molar-refractivity contribution >= 4 is 11.6 Å². The molecule has 0 fully saturated rings. The van der Waals surface area contributed by atoms with Gasteiger partial charge in [0.25, 0.3) is 6.43 Å². The molecule has 0 saturated heterocycles. The Kier molecular flexibility index (Phi) is 5.96. The molecule has 1 rings (SSSR count). The van der Waals surface area contributed by atoms with Crippen LogP contribution in [0.2, 0.25) is 5.02 Å². The van der Waals surface area contributed by atoms with E-state index >= 15 is 0 Å². The monoisotopic (exact) mass is 279 g/mol. The molecule has 0 aliphatic rings. The van der Waals surface area contributed by atoms with Gasteiger partial charge in [0.15, 0.2) is 0 Å². The second-order valence-corrected chi connectivity index (χ2v) is 4.74. The first-order valence-electron chi connectivity index (χ1n) is 5.85. The Hall–Kier alpha value is -0.740. The number of hydrogen-bond acceptors (Lipinski definition) is 1. The van der Waals surface area contributed by atoms with E-state index in [9.17, 15) is 13.2 Å². The fourth-order valence-corrected chi connectivity index (χ4v) is 2.15. The van der Waals surface area contributed by atoms with Gasteiger partial charge in [-0.3, -0.25) is 0 Å². The summed E-state index contributed by atoms with van der Waals surface area (Å²) in [6.07, 6.45) is -0.765. The van der Waals surface area contributed by atoms with Crippen molar-refractivity contribution in [2.24, 2.45) is 0 Å². The van der Waals surface area contributed by atoms with E-state index in [-0.39, 0.29) is 5.02 Å². The SMILES string of the molecule is CNC(CCCc1cc(C)c(F)c(Cl)c1)C(F)F. The molecule has 5 heteroatoms. The topological polar surface area (TPSA) is 12.0 Å². The number of benzene rings is 1. The van der Waals surface area contributed by atoms with E-state index in [0.717, 1.165) is 5.56 Å². The van der Waals surface area contributed by atoms with E-state index in [4.69, 9.17) is 11.6 Å². The highest BCUT2D eigenvalue weighted by Gasteiger charge is 2.17. The summed E-state index contributed by atoms with van der Waals surface area (Å²) in [5.74, 6) is -0.416. The molecule has 0 aliphatic carbocycles. The molecule has 1 atom stereocenters. The maximum absolute atomic E-state index is 13.3. The van der Waals surface area contributed by atoms with Gasteiger partial charge in [-0.2, -0.15) is 0 Å². The summed E-state index contributed by atoms with van der Waals surface area (Å²) in [5, 5.41) is 2.67. The Morgan fingerprint density at radius 2 is 2.00 bits per heavy atom. The van der Waals surface area contributed by atoms with Crippen LogP contribution < -0.4 is 5.32 Å². The molecule has 0 amide bonds. The second kappa shape index (κ2) is 7.00. The molecule has 0 saturated carbocycles. The van der Waals surface area contributed by atoms with E-state index < -0.39 is 18.3 Å². The molecule has 0 bridgehead atoms. The zero-order valence-corrected chi connectivity index (χ0v) is 11.2. The predicted molar refractivity (Wildman–Crippen MR) is 67.9 cm³/mol. The van der Waals surface area contributed by atoms with Gasteiger partial charge >= 0.3 is 0 Å². The minimum atomic E-state index is -2.37. The van der Waals surface area contributed by atoms with Crippen LogP contribution in [0.25, 0.3) is 0 Å². The summed E-state index contributed by atoms with van der Waals surface area (Å²) in [5.41, 5.74) is 1.36. The van der Waals surface area contributed by atoms with Gasteiger partial charge in [-0.25, -0.2) is 13.2 Å². The average molecular weight is 280 g/mol. The van der Waals surface area contributed by atoms with Crippen LogP contribution in [0.1, 0.15) is 24.0 Å². The van der Waals surface area contributed by atoms with Crippen LogP contribution in [0.3, 0.4) is 0 Å². The van der Waals surface area contributed by atoms with E-state index in [0.29, 0.717) is 24.8 Å². The summed E-state index contributed by atoms with van der Waals surface area (Å²) >= 11 is 5.73. The van der Waals surface area contributed by atoms with E-state index in [1.165, 1.54) is 7.05 Å². The van der Waals surface area contributed by atoms with E-state index in [1.54, 1.807) is 19.1 Å². The Labute approximate surface area is 110 Å². The van der Waals surface area contributed by atoms with E-state index in [1.807, 2.05) is 0 Å². The van der Waals surface area contributed by atoms with Crippen LogP contribution >= 0.6 is 11.6 Å². The highest BCUT2D eigenvalue weighted by molar-refractivity contribution is 6.30. The normalized spacial score (nSPS) is 13.1. The average Bonchev–Trinajstić information content (AvgIpc) is 2.31. The fraction of sp³-hybridized carbons (Fsp3) is 0.538. The zero-order valence-electron chi connectivity index (χ0n) is 10.4. The van der Waals surface area contributed by atoms with Crippen molar-refractivity contribution in [3.63, 3.8) is 0 Å². The first-order valence-corrected chi connectivity index (χ1v) is 6.23. The Balaban J connectivity index is 2.54. The van der Waals surface area contributed by atoms with Crippen LogP contribution in [0.15, 0.2) is 12.1 Å². The zero-order chi connectivity index (χ0) is 13.7. The van der Waals surface area contributed by atoms with Crippen LogP contribution in [-0.2, 0) is 6.42 Å². The van der Waals surface area contributed by atoms with Crippen LogP contribution in [-0.4, -0.2) is 19.5 Å². The summed E-state index contributed by atoms with van der Waals surface area (Å²) in [7, 11) is 1.52. The van der Waals surface area contributed by atoms with Gasteiger partial charge in [-0.1, -0.05) is 17.7 Å². The van der Waals surface area contributed by atoms with Gasteiger partial charge in [0.2, 0.25) is 0 Å². The maximum Gasteiger partial charge on any atom is 0.253 e. The third kappa shape index (κ3) is 4.18. The highest BCUT2D eigenvalue weighted by atomic mass is 35.5. The lowest BCUT2D eigenvalue weighted by atomic mass is 10.0. The third-order valence-corrected chi connectivity index (χ3v) is 3.20. The largest absolute Gasteiger partial charge is 0.312 e. The highest BCUT2D eigenvalue weighted by Crippen LogP contribution is 2.21. The molecule has 0 heterocycles. The minimum absolute atomic E-state index is 0.0871. The molecule has 18 heavy (non-hydrogen) atoms. The lowest BCUT2D eigenvalue weighted by molar-refractivity contribution is 0.0970. The molecule has 0 aromatic heterocycles. The maximum atomic E-state index is 13.3. The number of alkyl halides is 2. The van der Waals surface area contributed by atoms with Gasteiger partial charge < -0.3 is 5.32 Å². The molecule has 1 N–H and O–H groups in total. The number of hydrogen-bond donors (Lipinski definition) is 1. The van der Waals surface area contributed by atoms with Gasteiger partial charge in [0.1, 0.15) is 5.82 Å². The molecule has 1 aromatic rings. The molecule has 0 spiro atoms. The summed E-state index contributed by atoms with van der Waals surface area (Å²) in [6.45, 7) is 1.64. The molecular formula is C13H17ClF3N. The van der Waals surface area contributed by atoms with Crippen molar-refractivity contribution in [1.82, 2.24) is 5.32 Å². The van der Waals surface area contributed by atoms with Crippen molar-refractivity contribution in [1.29, 1.82) is 0 Å². The van der Waals surface area contributed by atoms with Gasteiger partial charge in [0, 0.05) is 0 Å². The third-order valence-electron chi connectivity index (χ3n) is 2.93. The number of aryl methyl sites for hydroxylation is 2. The number of nitrogens with one attached hydrogen (secondary N) is 1. The van der Waals surface area contributed by atoms with Crippen molar-refractivity contribution in [2.75, 3.05) is 7.05 Å². The smallest absolute Gasteiger partial charge is 0.253 e. The summed E-state index contributed by atoms with van der Waals surface area (Å²) in [6, 6.07) is 2.47. The predicted octanol–water partition coefficient (Wildman–Crippen LogP) is 3.96. The fourth-order valence-electron chi connectivity index (χ4n) is 1.86. The van der Waals surface area contributed by atoms with Gasteiger partial charge in [0.05, 0.1) is 11.1 Å². The first kappa shape index (κ1) is 15.3. The van der Waals surface area contributed by atoms with Crippen LogP contribution in [0.4, 0.5) is 13.2 Å². The molecule has 1 nitrogen and oxygen atoms in total. The molecule has 0 aliphatic heterocycles. The Morgan fingerprint density at radius 1 is 1.33 bits per heavy atom. The molecule has 102 valence electrons. The van der Waals surface area contributed by atoms with Gasteiger partial charge in [-0.05, 0) is 50.4 Å². The van der Waals surface area contributed by atoms with E-state index in [2.05, 4.69) is 5.32 Å². The van der Waals surface area contributed by atoms with Crippen molar-refractivity contribution in [3.8, 4) is 0 Å². The standard InChI is InChI=1S/C13H17ClF3N/c1-8-6-9(7-10(14)12(8)15)4-3-5-11(18-2)13(16)17/h6-7,11,13,18H,3-5H2,1-2H3. The Bertz CT molecular complexity index is 373. The number of halogens is 4. The quantitative estimate of drug-likeness (QED) is 0.831. The molecule has 0 radical (unpaired) electrons. The molecule has 1 aromatic carbocycles. The van der Waals surface area contributed by atoms with Crippen molar-refractivity contribution in [3.05, 3.63) is 34.1 Å². The van der Waals surface area contributed by atoms with Crippen LogP contribution in [0, 0.1) is 12.7 Å².